The quantitative estimate of drug-likeness (QED) is 0.628. The van der Waals surface area contributed by atoms with Crippen LogP contribution in [0.4, 0.5) is 13.6 Å². The lowest BCUT2D eigenvalue weighted by Gasteiger charge is -2.26. The molecule has 1 amide bonds. The van der Waals surface area contributed by atoms with Gasteiger partial charge in [0.1, 0.15) is 6.10 Å². The van der Waals surface area contributed by atoms with E-state index in [9.17, 15) is 23.5 Å². The van der Waals surface area contributed by atoms with Gasteiger partial charge in [0.15, 0.2) is 6.10 Å². The molecule has 0 aromatic rings. The second kappa shape index (κ2) is 9.30. The van der Waals surface area contributed by atoms with Gasteiger partial charge in [-0.25, -0.2) is 4.79 Å². The van der Waals surface area contributed by atoms with Gasteiger partial charge >= 0.3 is 12.0 Å². The van der Waals surface area contributed by atoms with Gasteiger partial charge in [0.25, 0.3) is 0 Å². The summed E-state index contributed by atoms with van der Waals surface area (Å²) in [6.45, 7) is 10.5. The zero-order valence-electron chi connectivity index (χ0n) is 12.9. The van der Waals surface area contributed by atoms with Gasteiger partial charge in [-0.15, -0.1) is 13.2 Å². The maximum absolute atomic E-state index is 13.8. The molecule has 7 heteroatoms. The largest absolute Gasteiger partial charge is 0.438 e. The van der Waals surface area contributed by atoms with Crippen molar-refractivity contribution in [2.75, 3.05) is 13.1 Å². The molecule has 5 nitrogen and oxygen atoms in total. The summed E-state index contributed by atoms with van der Waals surface area (Å²) in [7, 11) is 0. The Morgan fingerprint density at radius 3 is 2.27 bits per heavy atom. The van der Waals surface area contributed by atoms with Crippen molar-refractivity contribution in [1.29, 1.82) is 0 Å². The third-order valence-corrected chi connectivity index (χ3v) is 3.11. The molecule has 0 aliphatic carbocycles. The minimum Gasteiger partial charge on any atom is -0.438 e. The molecule has 126 valence electrons. The van der Waals surface area contributed by atoms with Gasteiger partial charge in [-0.2, -0.15) is 8.78 Å². The first kappa shape index (κ1) is 20.2. The van der Waals surface area contributed by atoms with E-state index in [4.69, 9.17) is 4.74 Å². The Balaban J connectivity index is 5.19. The monoisotopic (exact) mass is 319 g/mol. The van der Waals surface area contributed by atoms with E-state index < -0.39 is 30.0 Å². The van der Waals surface area contributed by atoms with Crippen LogP contribution in [0.3, 0.4) is 0 Å². The molecule has 0 rings (SSSR count). The Morgan fingerprint density at radius 2 is 1.86 bits per heavy atom. The maximum atomic E-state index is 13.8. The van der Waals surface area contributed by atoms with Crippen molar-refractivity contribution in [3.8, 4) is 0 Å². The van der Waals surface area contributed by atoms with Crippen LogP contribution in [0.25, 0.3) is 0 Å². The smallest absolute Gasteiger partial charge is 0.410 e. The topological polar surface area (TPSA) is 66.8 Å². The number of nitrogens with zero attached hydrogens (tertiary/aromatic N) is 1. The molecule has 0 aromatic heterocycles. The Labute approximate surface area is 129 Å². The van der Waals surface area contributed by atoms with E-state index in [1.54, 1.807) is 13.8 Å². The zero-order valence-corrected chi connectivity index (χ0v) is 12.9. The highest BCUT2D eigenvalue weighted by Gasteiger charge is 2.49. The summed E-state index contributed by atoms with van der Waals surface area (Å²) in [6.07, 6.45) is -2.77. The molecule has 0 fully saturated rings. The van der Waals surface area contributed by atoms with Gasteiger partial charge in [-0.05, 0) is 26.7 Å². The van der Waals surface area contributed by atoms with E-state index in [0.717, 1.165) is 0 Å². The van der Waals surface area contributed by atoms with Gasteiger partial charge in [-0.1, -0.05) is 12.2 Å². The number of rotatable bonds is 10. The van der Waals surface area contributed by atoms with Crippen molar-refractivity contribution in [2.24, 2.45) is 0 Å². The van der Waals surface area contributed by atoms with Crippen LogP contribution in [-0.4, -0.2) is 53.1 Å². The van der Waals surface area contributed by atoms with Crippen molar-refractivity contribution in [1.82, 2.24) is 4.90 Å². The van der Waals surface area contributed by atoms with Crippen LogP contribution in [0.5, 0.6) is 0 Å². The highest BCUT2D eigenvalue weighted by molar-refractivity contribution is 5.92. The average Bonchev–Trinajstić information content (AvgIpc) is 2.50. The lowest BCUT2D eigenvalue weighted by Crippen LogP contribution is -2.48. The molecule has 1 N–H and O–H groups in total. The molecule has 0 aliphatic rings. The first-order chi connectivity index (χ1) is 10.3. The normalized spacial score (nSPS) is 13.9. The van der Waals surface area contributed by atoms with E-state index in [1.165, 1.54) is 11.0 Å². The second-order valence-electron chi connectivity index (χ2n) is 4.58. The number of amides is 1. The number of Topliss-reactive ketones (excluding diaryl/α,β-unsaturated/α-hetero) is 1. The Morgan fingerprint density at radius 1 is 1.32 bits per heavy atom. The van der Waals surface area contributed by atoms with Crippen LogP contribution in [0, 0.1) is 0 Å². The summed E-state index contributed by atoms with van der Waals surface area (Å²) in [6, 6.07) is 0. The van der Waals surface area contributed by atoms with Crippen molar-refractivity contribution in [3.63, 3.8) is 0 Å². The number of aliphatic hydroxyl groups excluding tert-OH is 1. The van der Waals surface area contributed by atoms with Crippen molar-refractivity contribution >= 4 is 11.9 Å². The molecular weight excluding hydrogens is 296 g/mol. The number of alkyl halides is 2. The predicted molar refractivity (Wildman–Crippen MR) is 78.8 cm³/mol. The van der Waals surface area contributed by atoms with Crippen LogP contribution in [0.2, 0.25) is 0 Å². The Hall–Kier alpha value is -1.76. The summed E-state index contributed by atoms with van der Waals surface area (Å²) in [5.74, 6) is -5.72. The first-order valence-corrected chi connectivity index (χ1v) is 7.05. The molecule has 0 spiro atoms. The van der Waals surface area contributed by atoms with Crippen molar-refractivity contribution in [3.05, 3.63) is 25.3 Å². The number of halogens is 2. The predicted octanol–water partition coefficient (Wildman–Crippen LogP) is 2.55. The summed E-state index contributed by atoms with van der Waals surface area (Å²) >= 11 is 0. The zero-order chi connectivity index (χ0) is 17.3. The Kier molecular flexibility index (Phi) is 8.55. The van der Waals surface area contributed by atoms with Crippen LogP contribution in [-0.2, 0) is 9.53 Å². The molecular formula is C15H23F2NO4. The molecule has 0 aliphatic heterocycles. The fourth-order valence-electron chi connectivity index (χ4n) is 1.70. The summed E-state index contributed by atoms with van der Waals surface area (Å²) in [4.78, 5) is 25.0. The molecule has 0 radical (unpaired) electrons. The van der Waals surface area contributed by atoms with Crippen LogP contribution < -0.4 is 0 Å². The van der Waals surface area contributed by atoms with Crippen LogP contribution >= 0.6 is 0 Å². The van der Waals surface area contributed by atoms with E-state index in [0.29, 0.717) is 19.2 Å². The van der Waals surface area contributed by atoms with Gasteiger partial charge in [-0.3, -0.25) is 4.79 Å². The third-order valence-electron chi connectivity index (χ3n) is 3.11. The second-order valence-corrected chi connectivity index (χ2v) is 4.58. The van der Waals surface area contributed by atoms with Crippen molar-refractivity contribution < 1.29 is 28.2 Å². The minimum atomic E-state index is -4.07. The van der Waals surface area contributed by atoms with Gasteiger partial charge in [0.2, 0.25) is 5.78 Å². The van der Waals surface area contributed by atoms with E-state index in [1.807, 2.05) is 0 Å². The SMILES string of the molecule is C=CCC[C@H](OC(=O)N(CC)CC)C(=O)C(F)(F)[C@H](O)C=C. The molecule has 2 atom stereocenters. The van der Waals surface area contributed by atoms with E-state index >= 15 is 0 Å². The highest BCUT2D eigenvalue weighted by Crippen LogP contribution is 2.25. The number of carbonyl (C=O) groups excluding carboxylic acids is 2. The van der Waals surface area contributed by atoms with E-state index in [-0.39, 0.29) is 12.8 Å². The highest BCUT2D eigenvalue weighted by atomic mass is 19.3. The van der Waals surface area contributed by atoms with Gasteiger partial charge in [0, 0.05) is 13.1 Å². The van der Waals surface area contributed by atoms with Gasteiger partial charge in [0.05, 0.1) is 0 Å². The molecule has 0 heterocycles. The maximum Gasteiger partial charge on any atom is 0.410 e. The number of carbonyl (C=O) groups is 2. The molecule has 0 saturated carbocycles. The summed E-state index contributed by atoms with van der Waals surface area (Å²) in [5.41, 5.74) is 0. The number of ether oxygens (including phenoxy) is 1. The first-order valence-electron chi connectivity index (χ1n) is 7.05. The lowest BCUT2D eigenvalue weighted by molar-refractivity contribution is -0.165. The summed E-state index contributed by atoms with van der Waals surface area (Å²) in [5, 5.41) is 9.21. The molecule has 0 unspecified atom stereocenters. The van der Waals surface area contributed by atoms with E-state index in [2.05, 4.69) is 13.2 Å². The fourth-order valence-corrected chi connectivity index (χ4v) is 1.70. The summed E-state index contributed by atoms with van der Waals surface area (Å²) < 4.78 is 32.5. The van der Waals surface area contributed by atoms with Crippen molar-refractivity contribution in [2.45, 2.75) is 44.8 Å². The number of ketones is 1. The lowest BCUT2D eigenvalue weighted by atomic mass is 10.0. The molecule has 0 saturated heterocycles. The van der Waals surface area contributed by atoms with Gasteiger partial charge < -0.3 is 14.7 Å². The molecule has 0 bridgehead atoms. The number of aliphatic hydroxyl groups is 1. The molecule has 0 aromatic carbocycles. The molecule has 22 heavy (non-hydrogen) atoms. The standard InChI is InChI=1S/C15H23F2NO4/c1-5-9-10-11(22-14(21)18(7-3)8-4)13(20)15(16,17)12(19)6-2/h5-6,11-12,19H,1-2,7-10H2,3-4H3/t11-,12+/m0/s1. The number of hydrogen-bond acceptors (Lipinski definition) is 4. The third kappa shape index (κ3) is 5.22. The van der Waals surface area contributed by atoms with Crippen LogP contribution in [0.1, 0.15) is 26.7 Å². The Bertz CT molecular complexity index is 408. The average molecular weight is 319 g/mol. The van der Waals surface area contributed by atoms with Crippen LogP contribution in [0.15, 0.2) is 25.3 Å². The fraction of sp³-hybridized carbons (Fsp3) is 0.600. The minimum absolute atomic E-state index is 0.130. The number of hydrogen-bond donors (Lipinski definition) is 1. The number of allylic oxidation sites excluding steroid dienone is 1.